The van der Waals surface area contributed by atoms with Gasteiger partial charge in [-0.25, -0.2) is 19.0 Å². The molecule has 3 N–H and O–H groups in total. The van der Waals surface area contributed by atoms with E-state index in [4.69, 9.17) is 0 Å². The van der Waals surface area contributed by atoms with Crippen LogP contribution >= 0.6 is 11.3 Å². The molecule has 0 radical (unpaired) electrons. The van der Waals surface area contributed by atoms with E-state index in [0.717, 1.165) is 55.8 Å². The molecular weight excluding hydrogens is 497 g/mol. The van der Waals surface area contributed by atoms with Crippen LogP contribution < -0.4 is 10.6 Å². The average Bonchev–Trinajstić information content (AvgIpc) is 3.21. The number of nitrogens with zero attached hydrogens (tertiary/aromatic N) is 3. The third-order valence-electron chi connectivity index (χ3n) is 7.21. The topological polar surface area (TPSA) is 115 Å². The monoisotopic (exact) mass is 531 g/mol. The quantitative estimate of drug-likeness (QED) is 0.461. The zero-order valence-electron chi connectivity index (χ0n) is 21.2. The lowest BCUT2D eigenvalue weighted by atomic mass is 9.88. The number of carbonyl (C=O) groups is 3. The maximum Gasteiger partial charge on any atom is 0.407 e. The molecule has 2 saturated heterocycles. The third-order valence-corrected chi connectivity index (χ3v) is 8.39. The Kier molecular flexibility index (Phi) is 8.75. The van der Waals surface area contributed by atoms with Crippen LogP contribution in [-0.4, -0.2) is 76.6 Å². The zero-order valence-corrected chi connectivity index (χ0v) is 22.0. The summed E-state index contributed by atoms with van der Waals surface area (Å²) in [7, 11) is 0. The lowest BCUT2D eigenvalue weighted by Crippen LogP contribution is -2.57. The first kappa shape index (κ1) is 27.0. The molecule has 0 aliphatic carbocycles. The van der Waals surface area contributed by atoms with Crippen molar-refractivity contribution in [3.8, 4) is 0 Å². The maximum atomic E-state index is 13.3. The second kappa shape index (κ2) is 12.0. The Morgan fingerprint density at radius 2 is 1.92 bits per heavy atom. The average molecular weight is 532 g/mol. The standard InChI is InChI=1S/C26H34FN5O4S/c1-16-23(17(2)33)37-25(28-16)30-24(34)29-22-15-32(26(35)36)11-9-20(22)14-31-10-3-4-19(13-31)12-18-5-7-21(27)8-6-18/h5-8,19-20,22H,3-4,9-15H2,1-2H3,(H,35,36)(H2,28,29,30,34)/t19-,20-,22-/m0/s1. The van der Waals surface area contributed by atoms with Crippen molar-refractivity contribution >= 4 is 34.4 Å². The van der Waals surface area contributed by atoms with Gasteiger partial charge in [0.2, 0.25) is 0 Å². The number of hydrogen-bond acceptors (Lipinski definition) is 6. The molecule has 2 fully saturated rings. The Morgan fingerprint density at radius 3 is 2.59 bits per heavy atom. The van der Waals surface area contributed by atoms with Crippen LogP contribution in [0.2, 0.25) is 0 Å². The molecule has 11 heteroatoms. The molecular formula is C26H34FN5O4S. The van der Waals surface area contributed by atoms with Crippen LogP contribution in [0, 0.1) is 24.6 Å². The van der Waals surface area contributed by atoms with Crippen molar-refractivity contribution in [2.24, 2.45) is 11.8 Å². The fourth-order valence-corrected chi connectivity index (χ4v) is 6.26. The molecule has 9 nitrogen and oxygen atoms in total. The van der Waals surface area contributed by atoms with E-state index in [9.17, 15) is 23.9 Å². The molecule has 0 spiro atoms. The van der Waals surface area contributed by atoms with Gasteiger partial charge in [-0.1, -0.05) is 23.5 Å². The first-order valence-corrected chi connectivity index (χ1v) is 13.5. The summed E-state index contributed by atoms with van der Waals surface area (Å²) in [5, 5.41) is 15.6. The van der Waals surface area contributed by atoms with Crippen molar-refractivity contribution in [1.29, 1.82) is 0 Å². The van der Waals surface area contributed by atoms with Gasteiger partial charge in [0.15, 0.2) is 10.9 Å². The summed E-state index contributed by atoms with van der Waals surface area (Å²) in [6.45, 7) is 6.48. The molecule has 37 heavy (non-hydrogen) atoms. The number of carboxylic acid groups (broad SMARTS) is 1. The van der Waals surface area contributed by atoms with Crippen LogP contribution in [0.15, 0.2) is 24.3 Å². The molecule has 200 valence electrons. The van der Waals surface area contributed by atoms with E-state index in [1.807, 2.05) is 12.1 Å². The Labute approximate surface area is 220 Å². The number of aryl methyl sites for hydroxylation is 1. The van der Waals surface area contributed by atoms with E-state index in [0.29, 0.717) is 34.6 Å². The van der Waals surface area contributed by atoms with Crippen molar-refractivity contribution in [3.63, 3.8) is 0 Å². The molecule has 2 aliphatic rings. The highest BCUT2D eigenvalue weighted by molar-refractivity contribution is 7.17. The second-order valence-electron chi connectivity index (χ2n) is 10.1. The second-order valence-corrected chi connectivity index (χ2v) is 11.1. The van der Waals surface area contributed by atoms with E-state index < -0.39 is 12.1 Å². The molecule has 3 heterocycles. The first-order valence-electron chi connectivity index (χ1n) is 12.7. The van der Waals surface area contributed by atoms with Gasteiger partial charge in [0, 0.05) is 33.1 Å². The first-order chi connectivity index (χ1) is 17.7. The number of Topliss-reactive ketones (excluding diaryl/α,β-unsaturated/α-hetero) is 1. The third kappa shape index (κ3) is 7.26. The summed E-state index contributed by atoms with van der Waals surface area (Å²) in [4.78, 5) is 44.7. The predicted octanol–water partition coefficient (Wildman–Crippen LogP) is 4.24. The van der Waals surface area contributed by atoms with Crippen LogP contribution in [0.1, 0.15) is 47.1 Å². The number of thiazole rings is 1. The molecule has 3 amide bonds. The van der Waals surface area contributed by atoms with Gasteiger partial charge in [0.1, 0.15) is 5.82 Å². The van der Waals surface area contributed by atoms with Gasteiger partial charge >= 0.3 is 12.1 Å². The van der Waals surface area contributed by atoms with Crippen LogP contribution in [0.4, 0.5) is 19.1 Å². The minimum atomic E-state index is -0.996. The molecule has 1 aromatic heterocycles. The van der Waals surface area contributed by atoms with Gasteiger partial charge in [0.05, 0.1) is 16.6 Å². The van der Waals surface area contributed by atoms with Crippen LogP contribution in [0.25, 0.3) is 0 Å². The predicted molar refractivity (Wildman–Crippen MR) is 140 cm³/mol. The summed E-state index contributed by atoms with van der Waals surface area (Å²) in [5.74, 6) is 0.231. The number of likely N-dealkylation sites (tertiary alicyclic amines) is 2. The molecule has 4 rings (SSSR count). The minimum absolute atomic E-state index is 0.0942. The minimum Gasteiger partial charge on any atom is -0.465 e. The highest BCUT2D eigenvalue weighted by atomic mass is 32.1. The lowest BCUT2D eigenvalue weighted by Gasteiger charge is -2.41. The number of ketones is 1. The van der Waals surface area contributed by atoms with E-state index in [1.54, 1.807) is 6.92 Å². The van der Waals surface area contributed by atoms with E-state index in [1.165, 1.54) is 24.0 Å². The van der Waals surface area contributed by atoms with Gasteiger partial charge in [-0.15, -0.1) is 0 Å². The highest BCUT2D eigenvalue weighted by Gasteiger charge is 2.34. The van der Waals surface area contributed by atoms with E-state index in [-0.39, 0.29) is 30.1 Å². The fourth-order valence-electron chi connectivity index (χ4n) is 5.40. The number of anilines is 1. The summed E-state index contributed by atoms with van der Waals surface area (Å²) in [5.41, 5.74) is 1.70. The molecule has 2 aliphatic heterocycles. The van der Waals surface area contributed by atoms with Gasteiger partial charge in [0.25, 0.3) is 0 Å². The number of rotatable bonds is 7. The van der Waals surface area contributed by atoms with Crippen molar-refractivity contribution in [2.45, 2.75) is 45.6 Å². The van der Waals surface area contributed by atoms with Gasteiger partial charge in [-0.3, -0.25) is 10.1 Å². The molecule has 0 saturated carbocycles. The van der Waals surface area contributed by atoms with E-state index >= 15 is 0 Å². The van der Waals surface area contributed by atoms with Gasteiger partial charge < -0.3 is 20.2 Å². The number of benzene rings is 1. The highest BCUT2D eigenvalue weighted by Crippen LogP contribution is 2.26. The normalized spacial score (nSPS) is 22.5. The summed E-state index contributed by atoms with van der Waals surface area (Å²) in [6, 6.07) is 5.88. The smallest absolute Gasteiger partial charge is 0.407 e. The number of urea groups is 1. The summed E-state index contributed by atoms with van der Waals surface area (Å²) >= 11 is 1.13. The van der Waals surface area contributed by atoms with Gasteiger partial charge in [-0.2, -0.15) is 0 Å². The molecule has 1 aromatic carbocycles. The van der Waals surface area contributed by atoms with Crippen LogP contribution in [-0.2, 0) is 6.42 Å². The largest absolute Gasteiger partial charge is 0.465 e. The number of carbonyl (C=O) groups excluding carboxylic acids is 2. The molecule has 2 aromatic rings. The number of aromatic nitrogens is 1. The van der Waals surface area contributed by atoms with Crippen LogP contribution in [0.5, 0.6) is 0 Å². The Bertz CT molecular complexity index is 1120. The number of halogens is 1. The number of piperidine rings is 2. The maximum absolute atomic E-state index is 13.3. The number of nitrogens with one attached hydrogen (secondary N) is 2. The van der Waals surface area contributed by atoms with Crippen molar-refractivity contribution in [3.05, 3.63) is 46.2 Å². The molecule has 0 bridgehead atoms. The molecule has 0 unspecified atom stereocenters. The van der Waals surface area contributed by atoms with Crippen molar-refractivity contribution in [1.82, 2.24) is 20.1 Å². The number of amides is 3. The zero-order chi connectivity index (χ0) is 26.5. The number of hydrogen-bond donors (Lipinski definition) is 3. The Hall–Kier alpha value is -3.05. The van der Waals surface area contributed by atoms with E-state index in [2.05, 4.69) is 20.5 Å². The van der Waals surface area contributed by atoms with Crippen molar-refractivity contribution < 1.29 is 23.9 Å². The fraction of sp³-hybridized carbons (Fsp3) is 0.538. The van der Waals surface area contributed by atoms with Crippen LogP contribution in [0.3, 0.4) is 0 Å². The van der Waals surface area contributed by atoms with Gasteiger partial charge in [-0.05, 0) is 68.7 Å². The molecule has 3 atom stereocenters. The lowest BCUT2D eigenvalue weighted by molar-refractivity contribution is 0.0827. The summed E-state index contributed by atoms with van der Waals surface area (Å²) in [6.07, 6.45) is 2.74. The van der Waals surface area contributed by atoms with Crippen molar-refractivity contribution in [2.75, 3.05) is 38.0 Å². The Balaban J connectivity index is 1.37. The SMILES string of the molecule is CC(=O)c1sc(NC(=O)N[C@H]2CN(C(=O)O)CC[C@H]2CN2CCC[C@@H](Cc3ccc(F)cc3)C2)nc1C. The Morgan fingerprint density at radius 1 is 1.16 bits per heavy atom. The summed E-state index contributed by atoms with van der Waals surface area (Å²) < 4.78 is 13.3.